The van der Waals surface area contributed by atoms with Crippen LogP contribution in [0.1, 0.15) is 11.1 Å². The molecular formula is C16H16F3NO. The van der Waals surface area contributed by atoms with E-state index in [0.29, 0.717) is 12.5 Å². The minimum Gasteiger partial charge on any atom is -0.395 e. The van der Waals surface area contributed by atoms with Gasteiger partial charge in [0.05, 0.1) is 6.61 Å². The fourth-order valence-electron chi connectivity index (χ4n) is 2.05. The zero-order valence-electron chi connectivity index (χ0n) is 11.3. The highest BCUT2D eigenvalue weighted by atomic mass is 19.2. The second kappa shape index (κ2) is 7.24. The third kappa shape index (κ3) is 4.31. The summed E-state index contributed by atoms with van der Waals surface area (Å²) in [7, 11) is 0. The number of halogens is 3. The van der Waals surface area contributed by atoms with Gasteiger partial charge in [0.15, 0.2) is 11.6 Å². The molecule has 0 bridgehead atoms. The van der Waals surface area contributed by atoms with E-state index in [1.54, 1.807) is 0 Å². The van der Waals surface area contributed by atoms with Crippen molar-refractivity contribution < 1.29 is 18.3 Å². The summed E-state index contributed by atoms with van der Waals surface area (Å²) in [6.07, 6.45) is 0.558. The Morgan fingerprint density at radius 1 is 0.952 bits per heavy atom. The van der Waals surface area contributed by atoms with Crippen LogP contribution in [0.5, 0.6) is 0 Å². The maximum absolute atomic E-state index is 13.5. The normalized spacial score (nSPS) is 12.4. The van der Waals surface area contributed by atoms with Crippen LogP contribution in [-0.4, -0.2) is 17.8 Å². The Morgan fingerprint density at radius 3 is 2.29 bits per heavy atom. The van der Waals surface area contributed by atoms with Crippen molar-refractivity contribution in [2.24, 2.45) is 0 Å². The molecule has 5 heteroatoms. The van der Waals surface area contributed by atoms with Gasteiger partial charge in [-0.3, -0.25) is 0 Å². The Morgan fingerprint density at radius 2 is 1.62 bits per heavy atom. The summed E-state index contributed by atoms with van der Waals surface area (Å²) in [5, 5.41) is 12.3. The lowest BCUT2D eigenvalue weighted by molar-refractivity contribution is 0.240. The highest BCUT2D eigenvalue weighted by Crippen LogP contribution is 2.14. The van der Waals surface area contributed by atoms with Crippen molar-refractivity contribution in [3.05, 3.63) is 71.0 Å². The first-order valence-corrected chi connectivity index (χ1v) is 6.61. The zero-order chi connectivity index (χ0) is 15.2. The molecule has 1 atom stereocenters. The quantitative estimate of drug-likeness (QED) is 0.803. The average Bonchev–Trinajstić information content (AvgIpc) is 2.49. The van der Waals surface area contributed by atoms with Gasteiger partial charge in [-0.25, -0.2) is 13.2 Å². The molecule has 0 aliphatic carbocycles. The number of hydrogen-bond donors (Lipinski definition) is 2. The second-order valence-corrected chi connectivity index (χ2v) is 4.81. The lowest BCUT2D eigenvalue weighted by atomic mass is 10.1. The molecule has 2 rings (SSSR count). The molecule has 0 fully saturated rings. The van der Waals surface area contributed by atoms with Crippen LogP contribution in [0.4, 0.5) is 13.2 Å². The maximum Gasteiger partial charge on any atom is 0.161 e. The van der Waals surface area contributed by atoms with Crippen LogP contribution in [0.2, 0.25) is 0 Å². The Balaban J connectivity index is 1.99. The molecule has 21 heavy (non-hydrogen) atoms. The largest absolute Gasteiger partial charge is 0.395 e. The number of benzene rings is 2. The van der Waals surface area contributed by atoms with Crippen molar-refractivity contribution in [1.29, 1.82) is 0 Å². The molecular weight excluding hydrogens is 279 g/mol. The number of aliphatic hydroxyl groups is 1. The van der Waals surface area contributed by atoms with Crippen LogP contribution in [0, 0.1) is 17.5 Å². The number of aliphatic hydroxyl groups excluding tert-OH is 1. The van der Waals surface area contributed by atoms with Gasteiger partial charge < -0.3 is 10.4 Å². The fraction of sp³-hybridized carbons (Fsp3) is 0.250. The van der Waals surface area contributed by atoms with E-state index in [4.69, 9.17) is 0 Å². The van der Waals surface area contributed by atoms with Gasteiger partial charge in [-0.2, -0.15) is 0 Å². The molecule has 0 aliphatic rings. The fourth-order valence-corrected chi connectivity index (χ4v) is 2.05. The standard InChI is InChI=1S/C16H16F3NO/c17-14-8-16(19)15(18)7-12(14)9-20-13(10-21)6-11-4-2-1-3-5-11/h1-5,7-8,13,20-21H,6,9-10H2/t13-/m1/s1. The lowest BCUT2D eigenvalue weighted by Gasteiger charge is -2.17. The van der Waals surface area contributed by atoms with Crippen LogP contribution in [0.15, 0.2) is 42.5 Å². The predicted octanol–water partition coefficient (Wildman–Crippen LogP) is 2.80. The van der Waals surface area contributed by atoms with Gasteiger partial charge >= 0.3 is 0 Å². The van der Waals surface area contributed by atoms with Crippen molar-refractivity contribution in [2.75, 3.05) is 6.61 Å². The Labute approximate surface area is 121 Å². The summed E-state index contributed by atoms with van der Waals surface area (Å²) < 4.78 is 39.4. The van der Waals surface area contributed by atoms with E-state index in [1.807, 2.05) is 30.3 Å². The highest BCUT2D eigenvalue weighted by Gasteiger charge is 2.12. The van der Waals surface area contributed by atoms with Gasteiger partial charge in [0, 0.05) is 24.2 Å². The molecule has 2 aromatic carbocycles. The third-order valence-electron chi connectivity index (χ3n) is 3.22. The van der Waals surface area contributed by atoms with E-state index >= 15 is 0 Å². The first-order valence-electron chi connectivity index (χ1n) is 6.61. The summed E-state index contributed by atoms with van der Waals surface area (Å²) >= 11 is 0. The Kier molecular flexibility index (Phi) is 5.36. The molecule has 2 aromatic rings. The molecule has 0 amide bonds. The van der Waals surface area contributed by atoms with E-state index < -0.39 is 17.5 Å². The van der Waals surface area contributed by atoms with E-state index in [9.17, 15) is 18.3 Å². The zero-order valence-corrected chi connectivity index (χ0v) is 11.3. The molecule has 0 radical (unpaired) electrons. The maximum atomic E-state index is 13.5. The monoisotopic (exact) mass is 295 g/mol. The number of rotatable bonds is 6. The minimum absolute atomic E-state index is 0.0150. The molecule has 0 saturated carbocycles. The molecule has 0 saturated heterocycles. The molecule has 0 heterocycles. The van der Waals surface area contributed by atoms with Gasteiger partial charge in [0.1, 0.15) is 5.82 Å². The summed E-state index contributed by atoms with van der Waals surface area (Å²) in [6, 6.07) is 10.6. The predicted molar refractivity (Wildman–Crippen MR) is 74.2 cm³/mol. The summed E-state index contributed by atoms with van der Waals surface area (Å²) in [4.78, 5) is 0. The molecule has 0 aromatic heterocycles. The van der Waals surface area contributed by atoms with E-state index in [1.165, 1.54) is 0 Å². The van der Waals surface area contributed by atoms with Crippen molar-refractivity contribution in [3.8, 4) is 0 Å². The van der Waals surface area contributed by atoms with Crippen molar-refractivity contribution in [1.82, 2.24) is 5.32 Å². The first-order chi connectivity index (χ1) is 10.1. The number of hydrogen-bond acceptors (Lipinski definition) is 2. The molecule has 2 N–H and O–H groups in total. The summed E-state index contributed by atoms with van der Waals surface area (Å²) in [5.74, 6) is -3.10. The summed E-state index contributed by atoms with van der Waals surface area (Å²) in [5.41, 5.74) is 1.05. The molecule has 0 unspecified atom stereocenters. The third-order valence-corrected chi connectivity index (χ3v) is 3.22. The minimum atomic E-state index is -1.21. The van der Waals surface area contributed by atoms with E-state index in [2.05, 4.69) is 5.32 Å². The van der Waals surface area contributed by atoms with Crippen LogP contribution in [0.3, 0.4) is 0 Å². The summed E-state index contributed by atoms with van der Waals surface area (Å²) in [6.45, 7) is -0.124. The van der Waals surface area contributed by atoms with Crippen LogP contribution in [-0.2, 0) is 13.0 Å². The highest BCUT2D eigenvalue weighted by molar-refractivity contribution is 5.20. The first kappa shape index (κ1) is 15.5. The average molecular weight is 295 g/mol. The Hall–Kier alpha value is -1.85. The second-order valence-electron chi connectivity index (χ2n) is 4.81. The van der Waals surface area contributed by atoms with Gasteiger partial charge in [0.2, 0.25) is 0 Å². The van der Waals surface area contributed by atoms with Crippen molar-refractivity contribution in [2.45, 2.75) is 19.0 Å². The van der Waals surface area contributed by atoms with Gasteiger partial charge in [-0.1, -0.05) is 30.3 Å². The Bertz CT molecular complexity index is 590. The van der Waals surface area contributed by atoms with Gasteiger partial charge in [0.25, 0.3) is 0 Å². The molecule has 2 nitrogen and oxygen atoms in total. The molecule has 112 valence electrons. The van der Waals surface area contributed by atoms with Gasteiger partial charge in [-0.05, 0) is 18.1 Å². The number of nitrogens with one attached hydrogen (secondary N) is 1. The van der Waals surface area contributed by atoms with E-state index in [0.717, 1.165) is 11.6 Å². The molecule has 0 spiro atoms. The van der Waals surface area contributed by atoms with Crippen LogP contribution in [0.25, 0.3) is 0 Å². The van der Waals surface area contributed by atoms with Crippen LogP contribution >= 0.6 is 0 Å². The SMILES string of the molecule is OC[C@@H](Cc1ccccc1)NCc1cc(F)c(F)cc1F. The van der Waals surface area contributed by atoms with Gasteiger partial charge in [-0.15, -0.1) is 0 Å². The topological polar surface area (TPSA) is 32.3 Å². The molecule has 0 aliphatic heterocycles. The van der Waals surface area contributed by atoms with Crippen molar-refractivity contribution >= 4 is 0 Å². The van der Waals surface area contributed by atoms with E-state index in [-0.39, 0.29) is 24.8 Å². The van der Waals surface area contributed by atoms with Crippen molar-refractivity contribution in [3.63, 3.8) is 0 Å². The smallest absolute Gasteiger partial charge is 0.161 e. The van der Waals surface area contributed by atoms with Crippen LogP contribution < -0.4 is 5.32 Å². The lowest BCUT2D eigenvalue weighted by Crippen LogP contribution is -2.34.